The highest BCUT2D eigenvalue weighted by Gasteiger charge is 2.28. The zero-order valence-electron chi connectivity index (χ0n) is 10.3. The van der Waals surface area contributed by atoms with E-state index in [0.717, 1.165) is 0 Å². The maximum Gasteiger partial charge on any atom is 0.247 e. The van der Waals surface area contributed by atoms with Gasteiger partial charge in [0, 0.05) is 12.1 Å². The van der Waals surface area contributed by atoms with E-state index in [2.05, 4.69) is 5.16 Å². The summed E-state index contributed by atoms with van der Waals surface area (Å²) in [4.78, 5) is -1.33. The number of rotatable bonds is 5. The summed E-state index contributed by atoms with van der Waals surface area (Å²) in [5.41, 5.74) is 5.24. The average Bonchev–Trinajstić information content (AvgIpc) is 2.33. The first-order valence-electron chi connectivity index (χ1n) is 5.37. The molecule has 0 aliphatic heterocycles. The molecule has 0 radical (unpaired) electrons. The van der Waals surface area contributed by atoms with Crippen LogP contribution in [0.25, 0.3) is 0 Å². The molecule has 1 unspecified atom stereocenters. The van der Waals surface area contributed by atoms with Crippen LogP contribution in [0.15, 0.2) is 22.2 Å². The molecule has 1 rings (SSSR count). The first-order valence-corrected chi connectivity index (χ1v) is 6.85. The number of nitrogens with two attached hydrogens (primary N) is 1. The van der Waals surface area contributed by atoms with Crippen LogP contribution in [0.4, 0.5) is 13.2 Å². The number of nitrogens with one attached hydrogen (secondary N) is 1. The SMILES string of the molecule is CCC(NS(=O)(=O)c1c(F)cc(F)cc1F)/C(N)=N/O. The van der Waals surface area contributed by atoms with Gasteiger partial charge in [0.05, 0.1) is 6.04 Å². The van der Waals surface area contributed by atoms with Crippen molar-refractivity contribution >= 4 is 15.9 Å². The summed E-state index contributed by atoms with van der Waals surface area (Å²) in [6.45, 7) is 1.50. The standard InChI is InChI=1S/C10H12F3N3O3S/c1-2-8(10(14)15-17)16-20(18,19)9-6(12)3-5(11)4-7(9)13/h3-4,8,16-17H,2H2,1H3,(H2,14,15). The third-order valence-electron chi connectivity index (χ3n) is 2.41. The molecule has 112 valence electrons. The number of benzene rings is 1. The topological polar surface area (TPSA) is 105 Å². The first kappa shape index (κ1) is 16.2. The molecule has 0 aliphatic carbocycles. The highest BCUT2D eigenvalue weighted by molar-refractivity contribution is 7.89. The predicted molar refractivity (Wildman–Crippen MR) is 64.1 cm³/mol. The van der Waals surface area contributed by atoms with Crippen molar-refractivity contribution in [3.8, 4) is 0 Å². The van der Waals surface area contributed by atoms with Crippen molar-refractivity contribution in [1.29, 1.82) is 0 Å². The lowest BCUT2D eigenvalue weighted by atomic mass is 10.2. The zero-order valence-corrected chi connectivity index (χ0v) is 11.1. The Kier molecular flexibility index (Phi) is 4.95. The third-order valence-corrected chi connectivity index (χ3v) is 3.93. The minimum absolute atomic E-state index is 0.0690. The van der Waals surface area contributed by atoms with E-state index in [9.17, 15) is 21.6 Å². The quantitative estimate of drug-likeness (QED) is 0.325. The molecule has 4 N–H and O–H groups in total. The smallest absolute Gasteiger partial charge is 0.247 e. The van der Waals surface area contributed by atoms with Crippen molar-refractivity contribution in [2.75, 3.05) is 0 Å². The van der Waals surface area contributed by atoms with Gasteiger partial charge in [-0.1, -0.05) is 12.1 Å². The molecule has 0 amide bonds. The molecule has 0 spiro atoms. The fraction of sp³-hybridized carbons (Fsp3) is 0.300. The van der Waals surface area contributed by atoms with Gasteiger partial charge in [0.25, 0.3) is 0 Å². The lowest BCUT2D eigenvalue weighted by Gasteiger charge is -2.16. The predicted octanol–water partition coefficient (Wildman–Crippen LogP) is 0.907. The van der Waals surface area contributed by atoms with Gasteiger partial charge in [0.2, 0.25) is 10.0 Å². The number of hydrogen-bond donors (Lipinski definition) is 3. The number of halogens is 3. The number of sulfonamides is 1. The Labute approximate surface area is 113 Å². The Morgan fingerprint density at radius 3 is 2.30 bits per heavy atom. The Bertz CT molecular complexity index is 611. The molecule has 1 atom stereocenters. The molecular formula is C10H12F3N3O3S. The van der Waals surface area contributed by atoms with Crippen molar-refractivity contribution in [3.63, 3.8) is 0 Å². The minimum atomic E-state index is -4.64. The zero-order chi connectivity index (χ0) is 15.5. The summed E-state index contributed by atoms with van der Waals surface area (Å²) >= 11 is 0. The number of amidine groups is 1. The molecule has 0 aliphatic rings. The van der Waals surface area contributed by atoms with Crippen LogP contribution in [0.5, 0.6) is 0 Å². The minimum Gasteiger partial charge on any atom is -0.409 e. The van der Waals surface area contributed by atoms with Crippen LogP contribution in [0.2, 0.25) is 0 Å². The molecule has 0 saturated carbocycles. The number of nitrogens with zero attached hydrogens (tertiary/aromatic N) is 1. The molecule has 0 aromatic heterocycles. The fourth-order valence-corrected chi connectivity index (χ4v) is 2.87. The molecular weight excluding hydrogens is 299 g/mol. The van der Waals surface area contributed by atoms with E-state index in [1.165, 1.54) is 6.92 Å². The summed E-state index contributed by atoms with van der Waals surface area (Å²) in [5.74, 6) is -4.88. The lowest BCUT2D eigenvalue weighted by Crippen LogP contribution is -2.44. The third kappa shape index (κ3) is 3.39. The summed E-state index contributed by atoms with van der Waals surface area (Å²) < 4.78 is 65.2. The Morgan fingerprint density at radius 2 is 1.90 bits per heavy atom. The number of hydrogen-bond acceptors (Lipinski definition) is 4. The average molecular weight is 311 g/mol. The van der Waals surface area contributed by atoms with Gasteiger partial charge in [0.15, 0.2) is 10.7 Å². The summed E-state index contributed by atoms with van der Waals surface area (Å²) in [5, 5.41) is 11.1. The van der Waals surface area contributed by atoms with Gasteiger partial charge in [-0.2, -0.15) is 0 Å². The van der Waals surface area contributed by atoms with E-state index in [4.69, 9.17) is 10.9 Å². The van der Waals surface area contributed by atoms with E-state index in [-0.39, 0.29) is 18.6 Å². The maximum atomic E-state index is 13.4. The normalized spacial score (nSPS) is 14.3. The van der Waals surface area contributed by atoms with Crippen molar-refractivity contribution in [3.05, 3.63) is 29.6 Å². The van der Waals surface area contributed by atoms with Gasteiger partial charge >= 0.3 is 0 Å². The van der Waals surface area contributed by atoms with Gasteiger partial charge in [-0.15, -0.1) is 0 Å². The second kappa shape index (κ2) is 6.09. The van der Waals surface area contributed by atoms with Gasteiger partial charge in [-0.05, 0) is 6.42 Å². The monoisotopic (exact) mass is 311 g/mol. The van der Waals surface area contributed by atoms with Crippen LogP contribution in [-0.2, 0) is 10.0 Å². The van der Waals surface area contributed by atoms with Crippen LogP contribution in [-0.4, -0.2) is 25.5 Å². The first-order chi connectivity index (χ1) is 9.22. The van der Waals surface area contributed by atoms with Gasteiger partial charge in [-0.25, -0.2) is 26.3 Å². The van der Waals surface area contributed by atoms with Gasteiger partial charge in [0.1, 0.15) is 17.5 Å². The number of oxime groups is 1. The molecule has 0 fully saturated rings. The van der Waals surface area contributed by atoms with E-state index in [0.29, 0.717) is 0 Å². The van der Waals surface area contributed by atoms with Gasteiger partial charge in [-0.3, -0.25) is 0 Å². The molecule has 0 heterocycles. The van der Waals surface area contributed by atoms with Crippen molar-refractivity contribution < 1.29 is 26.8 Å². The maximum absolute atomic E-state index is 13.4. The van der Waals surface area contributed by atoms with E-state index >= 15 is 0 Å². The second-order valence-corrected chi connectivity index (χ2v) is 5.46. The molecule has 0 saturated heterocycles. The summed E-state index contributed by atoms with van der Waals surface area (Å²) in [7, 11) is -4.64. The van der Waals surface area contributed by atoms with Crippen molar-refractivity contribution in [2.24, 2.45) is 10.9 Å². The highest BCUT2D eigenvalue weighted by atomic mass is 32.2. The summed E-state index contributed by atoms with van der Waals surface area (Å²) in [6.07, 6.45) is 0.0690. The highest BCUT2D eigenvalue weighted by Crippen LogP contribution is 2.20. The molecule has 20 heavy (non-hydrogen) atoms. The Morgan fingerprint density at radius 1 is 1.40 bits per heavy atom. The van der Waals surface area contributed by atoms with Crippen LogP contribution in [0.3, 0.4) is 0 Å². The lowest BCUT2D eigenvalue weighted by molar-refractivity contribution is 0.315. The van der Waals surface area contributed by atoms with Crippen LogP contribution in [0, 0.1) is 17.5 Å². The van der Waals surface area contributed by atoms with Gasteiger partial charge < -0.3 is 10.9 Å². The second-order valence-electron chi connectivity index (χ2n) is 3.81. The molecule has 0 bridgehead atoms. The molecule has 1 aromatic carbocycles. The fourth-order valence-electron chi connectivity index (χ4n) is 1.45. The van der Waals surface area contributed by atoms with Crippen LogP contribution >= 0.6 is 0 Å². The van der Waals surface area contributed by atoms with Crippen LogP contribution < -0.4 is 10.5 Å². The van der Waals surface area contributed by atoms with Crippen LogP contribution in [0.1, 0.15) is 13.3 Å². The van der Waals surface area contributed by atoms with E-state index < -0.39 is 44.2 Å². The Hall–Kier alpha value is -1.81. The van der Waals surface area contributed by atoms with E-state index in [1.54, 1.807) is 0 Å². The molecule has 10 heteroatoms. The van der Waals surface area contributed by atoms with Crippen molar-refractivity contribution in [1.82, 2.24) is 4.72 Å². The van der Waals surface area contributed by atoms with Crippen molar-refractivity contribution in [2.45, 2.75) is 24.3 Å². The van der Waals surface area contributed by atoms with E-state index in [1.807, 2.05) is 4.72 Å². The molecule has 6 nitrogen and oxygen atoms in total. The molecule has 1 aromatic rings. The Balaban J connectivity index is 3.25. The summed E-state index contributed by atoms with van der Waals surface area (Å²) in [6, 6.07) is -0.682. The largest absolute Gasteiger partial charge is 0.409 e.